The lowest BCUT2D eigenvalue weighted by Crippen LogP contribution is -2.48. The van der Waals surface area contributed by atoms with Gasteiger partial charge in [-0.1, -0.05) is 20.8 Å². The maximum absolute atomic E-state index is 12.0. The first-order chi connectivity index (χ1) is 11.4. The predicted molar refractivity (Wildman–Crippen MR) is 93.6 cm³/mol. The molecule has 0 spiro atoms. The maximum Gasteiger partial charge on any atom is 0.309 e. The number of rotatable bonds is 4. The highest BCUT2D eigenvalue weighted by Gasteiger charge is 2.30. The number of hydrogen-bond donors (Lipinski definition) is 2. The van der Waals surface area contributed by atoms with Crippen molar-refractivity contribution in [3.05, 3.63) is 0 Å². The number of nitrogens with zero attached hydrogens (tertiary/aromatic N) is 1. The van der Waals surface area contributed by atoms with Crippen LogP contribution in [0.5, 0.6) is 0 Å². The van der Waals surface area contributed by atoms with Gasteiger partial charge in [0.1, 0.15) is 0 Å². The molecule has 0 aromatic carbocycles. The van der Waals surface area contributed by atoms with Gasteiger partial charge in [-0.25, -0.2) is 0 Å². The minimum atomic E-state index is -0.513. The quantitative estimate of drug-likeness (QED) is 0.754. The van der Waals surface area contributed by atoms with Gasteiger partial charge in [-0.3, -0.25) is 14.5 Å². The number of ether oxygens (including phenoxy) is 1. The van der Waals surface area contributed by atoms with E-state index in [0.29, 0.717) is 17.9 Å². The van der Waals surface area contributed by atoms with E-state index in [1.165, 1.54) is 0 Å². The van der Waals surface area contributed by atoms with Crippen LogP contribution >= 0.6 is 0 Å². The molecule has 0 unspecified atom stereocenters. The zero-order valence-electron chi connectivity index (χ0n) is 15.4. The average Bonchev–Trinajstić information content (AvgIpc) is 2.55. The molecule has 0 aromatic heterocycles. The third kappa shape index (κ3) is 6.06. The summed E-state index contributed by atoms with van der Waals surface area (Å²) in [6.07, 6.45) is 4.17. The lowest BCUT2D eigenvalue weighted by molar-refractivity contribution is -0.139. The first kappa shape index (κ1) is 19.2. The number of amides is 2. The summed E-state index contributed by atoms with van der Waals surface area (Å²) in [5.41, 5.74) is 0.325. The van der Waals surface area contributed by atoms with Crippen molar-refractivity contribution < 1.29 is 14.3 Å². The molecule has 2 aliphatic rings. The molecule has 1 aliphatic carbocycles. The molecule has 24 heavy (non-hydrogen) atoms. The molecule has 0 aromatic rings. The van der Waals surface area contributed by atoms with Crippen LogP contribution in [-0.2, 0) is 14.3 Å². The lowest BCUT2D eigenvalue weighted by Gasteiger charge is -2.37. The van der Waals surface area contributed by atoms with E-state index < -0.39 is 11.8 Å². The number of carbonyl (C=O) groups is 2. The Morgan fingerprint density at radius 3 is 2.25 bits per heavy atom. The first-order valence-corrected chi connectivity index (χ1v) is 9.25. The Balaban J connectivity index is 1.62. The van der Waals surface area contributed by atoms with Gasteiger partial charge in [0, 0.05) is 32.2 Å². The molecular formula is C18H33N3O3. The normalized spacial score (nSPS) is 26.0. The van der Waals surface area contributed by atoms with Crippen LogP contribution in [-0.4, -0.2) is 62.1 Å². The van der Waals surface area contributed by atoms with Gasteiger partial charge in [-0.15, -0.1) is 0 Å². The van der Waals surface area contributed by atoms with Gasteiger partial charge in [0.05, 0.1) is 13.2 Å². The fourth-order valence-corrected chi connectivity index (χ4v) is 3.59. The molecule has 1 saturated carbocycles. The van der Waals surface area contributed by atoms with Crippen molar-refractivity contribution in [1.29, 1.82) is 0 Å². The molecular weight excluding hydrogens is 306 g/mol. The molecule has 2 amide bonds. The van der Waals surface area contributed by atoms with E-state index in [9.17, 15) is 9.59 Å². The van der Waals surface area contributed by atoms with Gasteiger partial charge in [-0.2, -0.15) is 0 Å². The number of hydrogen-bond acceptors (Lipinski definition) is 4. The van der Waals surface area contributed by atoms with E-state index in [1.807, 2.05) is 0 Å². The second-order valence-electron chi connectivity index (χ2n) is 8.10. The Morgan fingerprint density at radius 1 is 1.04 bits per heavy atom. The van der Waals surface area contributed by atoms with Crippen LogP contribution in [0.4, 0.5) is 0 Å². The second kappa shape index (κ2) is 8.81. The standard InChI is InChI=1S/C18H33N3O3/c1-18(2,3)14-4-6-15(7-5-14)20-17(23)16(22)19-8-9-21-10-12-24-13-11-21/h14-15H,4-13H2,1-3H3,(H,19,22)(H,20,23). The van der Waals surface area contributed by atoms with E-state index in [-0.39, 0.29) is 6.04 Å². The molecule has 1 heterocycles. The van der Waals surface area contributed by atoms with Crippen LogP contribution in [0.2, 0.25) is 0 Å². The van der Waals surface area contributed by atoms with Crippen molar-refractivity contribution in [2.24, 2.45) is 11.3 Å². The van der Waals surface area contributed by atoms with Crippen LogP contribution in [0.15, 0.2) is 0 Å². The molecule has 1 saturated heterocycles. The molecule has 6 nitrogen and oxygen atoms in total. The van der Waals surface area contributed by atoms with Gasteiger partial charge < -0.3 is 15.4 Å². The summed E-state index contributed by atoms with van der Waals surface area (Å²) in [6, 6.07) is 0.140. The summed E-state index contributed by atoms with van der Waals surface area (Å²) in [5.74, 6) is -0.301. The fourth-order valence-electron chi connectivity index (χ4n) is 3.59. The Hall–Kier alpha value is -1.14. The van der Waals surface area contributed by atoms with Crippen molar-refractivity contribution in [3.63, 3.8) is 0 Å². The first-order valence-electron chi connectivity index (χ1n) is 9.25. The van der Waals surface area contributed by atoms with E-state index in [2.05, 4.69) is 36.3 Å². The van der Waals surface area contributed by atoms with E-state index in [0.717, 1.165) is 58.5 Å². The zero-order chi connectivity index (χ0) is 17.6. The van der Waals surface area contributed by atoms with E-state index in [1.54, 1.807) is 0 Å². The molecule has 2 rings (SSSR count). The van der Waals surface area contributed by atoms with Crippen molar-refractivity contribution in [1.82, 2.24) is 15.5 Å². The highest BCUT2D eigenvalue weighted by molar-refractivity contribution is 6.35. The Bertz CT molecular complexity index is 420. The molecule has 0 bridgehead atoms. The zero-order valence-corrected chi connectivity index (χ0v) is 15.4. The summed E-state index contributed by atoms with van der Waals surface area (Å²) in [7, 11) is 0. The van der Waals surface area contributed by atoms with Crippen LogP contribution in [0, 0.1) is 11.3 Å². The smallest absolute Gasteiger partial charge is 0.309 e. The minimum Gasteiger partial charge on any atom is -0.379 e. The topological polar surface area (TPSA) is 70.7 Å². The van der Waals surface area contributed by atoms with Crippen LogP contribution in [0.3, 0.4) is 0 Å². The molecule has 0 radical (unpaired) electrons. The molecule has 138 valence electrons. The highest BCUT2D eigenvalue weighted by Crippen LogP contribution is 2.37. The molecule has 2 N–H and O–H groups in total. The van der Waals surface area contributed by atoms with Crippen molar-refractivity contribution >= 4 is 11.8 Å². The van der Waals surface area contributed by atoms with Crippen molar-refractivity contribution in [2.75, 3.05) is 39.4 Å². The summed E-state index contributed by atoms with van der Waals surface area (Å²) >= 11 is 0. The summed E-state index contributed by atoms with van der Waals surface area (Å²) in [4.78, 5) is 26.2. The summed E-state index contributed by atoms with van der Waals surface area (Å²) < 4.78 is 5.29. The lowest BCUT2D eigenvalue weighted by atomic mass is 9.71. The summed E-state index contributed by atoms with van der Waals surface area (Å²) in [6.45, 7) is 11.4. The molecule has 1 aliphatic heterocycles. The Morgan fingerprint density at radius 2 is 1.67 bits per heavy atom. The number of morpholine rings is 1. The van der Waals surface area contributed by atoms with Crippen molar-refractivity contribution in [2.45, 2.75) is 52.5 Å². The van der Waals surface area contributed by atoms with Gasteiger partial charge in [0.2, 0.25) is 0 Å². The Kier molecular flexibility index (Phi) is 7.04. The maximum atomic E-state index is 12.0. The van der Waals surface area contributed by atoms with E-state index in [4.69, 9.17) is 4.74 Å². The number of carbonyl (C=O) groups excluding carboxylic acids is 2. The fraction of sp³-hybridized carbons (Fsp3) is 0.889. The monoisotopic (exact) mass is 339 g/mol. The SMILES string of the molecule is CC(C)(C)C1CCC(NC(=O)C(=O)NCCN2CCOCC2)CC1. The van der Waals surface area contributed by atoms with Crippen molar-refractivity contribution in [3.8, 4) is 0 Å². The highest BCUT2D eigenvalue weighted by atomic mass is 16.5. The van der Waals surface area contributed by atoms with E-state index >= 15 is 0 Å². The number of nitrogens with one attached hydrogen (secondary N) is 2. The van der Waals surface area contributed by atoms with Gasteiger partial charge in [0.25, 0.3) is 0 Å². The minimum absolute atomic E-state index is 0.140. The third-order valence-electron chi connectivity index (χ3n) is 5.31. The van der Waals surface area contributed by atoms with Crippen LogP contribution in [0.1, 0.15) is 46.5 Å². The molecule has 0 atom stereocenters. The Labute approximate surface area is 145 Å². The third-order valence-corrected chi connectivity index (χ3v) is 5.31. The predicted octanol–water partition coefficient (Wildman–Crippen LogP) is 1.16. The average molecular weight is 339 g/mol. The van der Waals surface area contributed by atoms with Gasteiger partial charge in [0.15, 0.2) is 0 Å². The van der Waals surface area contributed by atoms with Crippen LogP contribution in [0.25, 0.3) is 0 Å². The van der Waals surface area contributed by atoms with Gasteiger partial charge >= 0.3 is 11.8 Å². The molecule has 2 fully saturated rings. The largest absolute Gasteiger partial charge is 0.379 e. The van der Waals surface area contributed by atoms with Gasteiger partial charge in [-0.05, 0) is 37.0 Å². The molecule has 6 heteroatoms. The summed E-state index contributed by atoms with van der Waals surface area (Å²) in [5, 5.41) is 5.61. The second-order valence-corrected chi connectivity index (χ2v) is 8.10. The van der Waals surface area contributed by atoms with Crippen LogP contribution < -0.4 is 10.6 Å².